The first kappa shape index (κ1) is 22.0. The summed E-state index contributed by atoms with van der Waals surface area (Å²) in [5, 5.41) is 0. The van der Waals surface area contributed by atoms with Crippen molar-refractivity contribution in [1.29, 1.82) is 0 Å². The van der Waals surface area contributed by atoms with Gasteiger partial charge in [0.2, 0.25) is 0 Å². The maximum atomic E-state index is 14.1. The monoisotopic (exact) mass is 480 g/mol. The molecular formula is C26H26F2N4O3. The standard InChI is InChI=1S/C26H26F2N4O3/c1-16-10-30(15-29-16)20-4-5-21-24(34)31(7-8-32(21)23(20)33)17(2)11-35-22-6-3-18(27)9-19(22)25-12-26(28,13-25)14-25/h3-6,9-10,15,17H,7-8,11-14H2,1-2H3/t17-,25?,26?/m0/s1. The number of pyridine rings is 1. The molecule has 1 aromatic carbocycles. The molecular weight excluding hydrogens is 454 g/mol. The number of hydrogen-bond acceptors (Lipinski definition) is 4. The molecule has 1 aliphatic heterocycles. The molecule has 7 rings (SSSR count). The van der Waals surface area contributed by atoms with E-state index in [1.807, 2.05) is 13.8 Å². The zero-order valence-corrected chi connectivity index (χ0v) is 19.6. The quantitative estimate of drug-likeness (QED) is 0.541. The number of aryl methyl sites for hydroxylation is 1. The number of carbonyl (C=O) groups is 1. The van der Waals surface area contributed by atoms with Crippen LogP contribution in [-0.4, -0.2) is 49.8 Å². The van der Waals surface area contributed by atoms with Crippen LogP contribution in [0.5, 0.6) is 5.75 Å². The molecule has 3 aliphatic carbocycles. The highest BCUT2D eigenvalue weighted by molar-refractivity contribution is 5.93. The Morgan fingerprint density at radius 3 is 2.60 bits per heavy atom. The number of nitrogens with zero attached hydrogens (tertiary/aromatic N) is 4. The molecule has 7 nitrogen and oxygen atoms in total. The second-order valence-electron chi connectivity index (χ2n) is 10.2. The molecule has 1 atom stereocenters. The van der Waals surface area contributed by atoms with Crippen LogP contribution in [0.2, 0.25) is 0 Å². The maximum Gasteiger partial charge on any atom is 0.275 e. The lowest BCUT2D eigenvalue weighted by atomic mass is 9.40. The van der Waals surface area contributed by atoms with Gasteiger partial charge in [0.1, 0.15) is 35.2 Å². The molecule has 3 fully saturated rings. The van der Waals surface area contributed by atoms with Crippen molar-refractivity contribution in [3.63, 3.8) is 0 Å². The van der Waals surface area contributed by atoms with Crippen molar-refractivity contribution in [2.45, 2.75) is 56.8 Å². The summed E-state index contributed by atoms with van der Waals surface area (Å²) in [6.07, 6.45) is 4.58. The Kier molecular flexibility index (Phi) is 4.72. The average Bonchev–Trinajstić information content (AvgIpc) is 3.22. The molecule has 0 unspecified atom stereocenters. The molecule has 1 amide bonds. The SMILES string of the molecule is Cc1cn(-c2ccc3n(c2=O)CCN([C@@H](C)COc2ccc(F)cc2C24CC(F)(C2)C4)C3=O)cn1. The van der Waals surface area contributed by atoms with Gasteiger partial charge < -0.3 is 18.8 Å². The first-order valence-corrected chi connectivity index (χ1v) is 11.9. The summed E-state index contributed by atoms with van der Waals surface area (Å²) in [4.78, 5) is 32.1. The maximum absolute atomic E-state index is 14.1. The van der Waals surface area contributed by atoms with Gasteiger partial charge in [0.05, 0.1) is 18.1 Å². The second kappa shape index (κ2) is 7.50. The number of aromatic nitrogens is 3. The minimum absolute atomic E-state index is 0.206. The third-order valence-corrected chi connectivity index (χ3v) is 7.68. The van der Waals surface area contributed by atoms with E-state index in [2.05, 4.69) is 4.98 Å². The van der Waals surface area contributed by atoms with Crippen LogP contribution in [0.1, 0.15) is 47.9 Å². The van der Waals surface area contributed by atoms with E-state index >= 15 is 0 Å². The molecule has 0 spiro atoms. The van der Waals surface area contributed by atoms with E-state index < -0.39 is 5.67 Å². The average molecular weight is 481 g/mol. The lowest BCUT2D eigenvalue weighted by Gasteiger charge is -2.66. The fraction of sp³-hybridized carbons (Fsp3) is 0.423. The van der Waals surface area contributed by atoms with Gasteiger partial charge in [0.15, 0.2) is 0 Å². The molecule has 3 aromatic rings. The second-order valence-corrected chi connectivity index (χ2v) is 10.2. The fourth-order valence-electron chi connectivity index (χ4n) is 5.89. The lowest BCUT2D eigenvalue weighted by molar-refractivity contribution is -0.159. The van der Waals surface area contributed by atoms with Gasteiger partial charge in [-0.25, -0.2) is 13.8 Å². The normalized spacial score (nSPS) is 25.5. The van der Waals surface area contributed by atoms with Crippen LogP contribution in [0.3, 0.4) is 0 Å². The summed E-state index contributed by atoms with van der Waals surface area (Å²) in [5.41, 5.74) is 0.620. The summed E-state index contributed by atoms with van der Waals surface area (Å²) in [6.45, 7) is 4.67. The highest BCUT2D eigenvalue weighted by Gasteiger charge is 2.70. The number of imidazole rings is 1. The van der Waals surface area contributed by atoms with E-state index in [1.165, 1.54) is 16.7 Å². The summed E-state index contributed by atoms with van der Waals surface area (Å²) >= 11 is 0. The number of fused-ring (bicyclic) bond motifs is 1. The van der Waals surface area contributed by atoms with Crippen molar-refractivity contribution < 1.29 is 18.3 Å². The fourth-order valence-corrected chi connectivity index (χ4v) is 5.89. The Bertz CT molecular complexity index is 1390. The van der Waals surface area contributed by atoms with Crippen LogP contribution in [-0.2, 0) is 12.0 Å². The van der Waals surface area contributed by atoms with E-state index in [9.17, 15) is 18.4 Å². The Morgan fingerprint density at radius 2 is 1.91 bits per heavy atom. The van der Waals surface area contributed by atoms with E-state index in [-0.39, 0.29) is 35.3 Å². The highest BCUT2D eigenvalue weighted by atomic mass is 19.1. The van der Waals surface area contributed by atoms with Gasteiger partial charge in [-0.3, -0.25) is 9.59 Å². The van der Waals surface area contributed by atoms with Crippen LogP contribution in [0.25, 0.3) is 5.69 Å². The zero-order valence-electron chi connectivity index (χ0n) is 19.6. The first-order chi connectivity index (χ1) is 16.7. The van der Waals surface area contributed by atoms with Crippen molar-refractivity contribution in [1.82, 2.24) is 19.0 Å². The van der Waals surface area contributed by atoms with Gasteiger partial charge in [-0.15, -0.1) is 0 Å². The number of amides is 1. The largest absolute Gasteiger partial charge is 0.491 e. The molecule has 0 saturated heterocycles. The van der Waals surface area contributed by atoms with Crippen LogP contribution >= 0.6 is 0 Å². The number of carbonyl (C=O) groups excluding carboxylic acids is 1. The molecule has 182 valence electrons. The number of rotatable bonds is 6. The summed E-state index contributed by atoms with van der Waals surface area (Å²) in [7, 11) is 0. The van der Waals surface area contributed by atoms with Crippen molar-refractivity contribution in [3.05, 3.63) is 76.0 Å². The molecule has 2 aromatic heterocycles. The number of alkyl halides is 1. The summed E-state index contributed by atoms with van der Waals surface area (Å²) < 4.78 is 37.3. The Labute approximate surface area is 201 Å². The summed E-state index contributed by atoms with van der Waals surface area (Å²) in [5.74, 6) is -0.0613. The molecule has 9 heteroatoms. The third-order valence-electron chi connectivity index (χ3n) is 7.68. The van der Waals surface area contributed by atoms with Crippen LogP contribution in [0.4, 0.5) is 8.78 Å². The minimum Gasteiger partial charge on any atom is -0.491 e. The molecule has 4 aliphatic rings. The predicted molar refractivity (Wildman–Crippen MR) is 124 cm³/mol. The number of hydrogen-bond donors (Lipinski definition) is 0. The van der Waals surface area contributed by atoms with Gasteiger partial charge in [0.25, 0.3) is 11.5 Å². The Hall–Kier alpha value is -3.49. The third kappa shape index (κ3) is 3.39. The highest BCUT2D eigenvalue weighted by Crippen LogP contribution is 2.71. The van der Waals surface area contributed by atoms with Gasteiger partial charge in [-0.05, 0) is 63.4 Å². The summed E-state index contributed by atoms with van der Waals surface area (Å²) in [6, 6.07) is 7.42. The Morgan fingerprint density at radius 1 is 1.14 bits per heavy atom. The van der Waals surface area contributed by atoms with Crippen molar-refractivity contribution in [3.8, 4) is 11.4 Å². The molecule has 0 radical (unpaired) electrons. The molecule has 35 heavy (non-hydrogen) atoms. The van der Waals surface area contributed by atoms with Gasteiger partial charge in [0, 0.05) is 30.3 Å². The van der Waals surface area contributed by atoms with Gasteiger partial charge in [-0.1, -0.05) is 0 Å². The van der Waals surface area contributed by atoms with Crippen LogP contribution in [0, 0.1) is 12.7 Å². The van der Waals surface area contributed by atoms with Crippen molar-refractivity contribution >= 4 is 5.91 Å². The molecule has 3 saturated carbocycles. The molecule has 3 heterocycles. The van der Waals surface area contributed by atoms with Crippen LogP contribution < -0.4 is 10.3 Å². The Balaban J connectivity index is 1.19. The molecule has 2 bridgehead atoms. The van der Waals surface area contributed by atoms with E-state index in [0.717, 1.165) is 5.69 Å². The topological polar surface area (TPSA) is 69.4 Å². The number of benzene rings is 1. The van der Waals surface area contributed by atoms with Crippen molar-refractivity contribution in [2.24, 2.45) is 0 Å². The molecule has 0 N–H and O–H groups in total. The number of halogens is 2. The van der Waals surface area contributed by atoms with E-state index in [4.69, 9.17) is 4.74 Å². The van der Waals surface area contributed by atoms with E-state index in [0.29, 0.717) is 55.0 Å². The smallest absolute Gasteiger partial charge is 0.275 e. The number of ether oxygens (including phenoxy) is 1. The van der Waals surface area contributed by atoms with Gasteiger partial charge >= 0.3 is 0 Å². The minimum atomic E-state index is -1.10. The van der Waals surface area contributed by atoms with Crippen molar-refractivity contribution in [2.75, 3.05) is 13.2 Å². The van der Waals surface area contributed by atoms with Gasteiger partial charge in [-0.2, -0.15) is 0 Å². The first-order valence-electron chi connectivity index (χ1n) is 11.9. The van der Waals surface area contributed by atoms with Crippen LogP contribution in [0.15, 0.2) is 47.7 Å². The zero-order chi connectivity index (χ0) is 24.5. The predicted octanol–water partition coefficient (Wildman–Crippen LogP) is 3.55. The lowest BCUT2D eigenvalue weighted by Crippen LogP contribution is -2.67. The van der Waals surface area contributed by atoms with E-state index in [1.54, 1.807) is 40.2 Å².